The molecule has 1 amide bonds. The molecule has 176 valence electrons. The van der Waals surface area contributed by atoms with Crippen molar-refractivity contribution in [3.63, 3.8) is 0 Å². The van der Waals surface area contributed by atoms with E-state index in [2.05, 4.69) is 16.0 Å². The lowest BCUT2D eigenvalue weighted by Gasteiger charge is -2.12. The van der Waals surface area contributed by atoms with E-state index < -0.39 is 0 Å². The normalized spacial score (nSPS) is 10.8. The number of carbonyl (C=O) groups is 1. The van der Waals surface area contributed by atoms with Crippen LogP contribution in [0.25, 0.3) is 11.0 Å². The molecular formula is C27H29N3O4. The zero-order valence-electron chi connectivity index (χ0n) is 19.7. The number of aromatic nitrogens is 2. The molecule has 0 fully saturated rings. The molecule has 7 heteroatoms. The monoisotopic (exact) mass is 459 g/mol. The minimum Gasteiger partial charge on any atom is -0.493 e. The predicted molar refractivity (Wildman–Crippen MR) is 132 cm³/mol. The number of rotatable bonds is 10. The van der Waals surface area contributed by atoms with Gasteiger partial charge in [0.15, 0.2) is 11.5 Å². The van der Waals surface area contributed by atoms with Crippen LogP contribution in [-0.4, -0.2) is 42.8 Å². The molecular weight excluding hydrogens is 430 g/mol. The summed E-state index contributed by atoms with van der Waals surface area (Å²) >= 11 is 0. The van der Waals surface area contributed by atoms with Crippen molar-refractivity contribution in [2.24, 2.45) is 0 Å². The first-order chi connectivity index (χ1) is 16.6. The molecule has 0 aliphatic rings. The quantitative estimate of drug-likeness (QED) is 0.380. The maximum Gasteiger partial charge on any atom is 0.251 e. The summed E-state index contributed by atoms with van der Waals surface area (Å²) in [5.74, 6) is 2.69. The number of nitrogens with one attached hydrogen (secondary N) is 1. The summed E-state index contributed by atoms with van der Waals surface area (Å²) in [6, 6.07) is 21.2. The number of ether oxygens (including phenoxy) is 3. The fourth-order valence-electron chi connectivity index (χ4n) is 3.89. The van der Waals surface area contributed by atoms with Crippen molar-refractivity contribution >= 4 is 16.9 Å². The Morgan fingerprint density at radius 2 is 1.79 bits per heavy atom. The summed E-state index contributed by atoms with van der Waals surface area (Å²) in [4.78, 5) is 17.5. The van der Waals surface area contributed by atoms with Crippen molar-refractivity contribution in [1.82, 2.24) is 14.9 Å². The second-order valence-electron chi connectivity index (χ2n) is 7.91. The van der Waals surface area contributed by atoms with Crippen molar-refractivity contribution in [3.8, 4) is 17.2 Å². The number of imidazole rings is 1. The topological polar surface area (TPSA) is 74.6 Å². The third-order valence-corrected chi connectivity index (χ3v) is 5.59. The first kappa shape index (κ1) is 23.2. The van der Waals surface area contributed by atoms with Gasteiger partial charge in [0, 0.05) is 18.5 Å². The van der Waals surface area contributed by atoms with Crippen LogP contribution in [0.1, 0.15) is 21.7 Å². The summed E-state index contributed by atoms with van der Waals surface area (Å²) in [5.41, 5.74) is 3.66. The number of para-hydroxylation sites is 2. The highest BCUT2D eigenvalue weighted by atomic mass is 16.5. The minimum atomic E-state index is -0.175. The Morgan fingerprint density at radius 3 is 2.59 bits per heavy atom. The van der Waals surface area contributed by atoms with E-state index in [1.54, 1.807) is 32.4 Å². The first-order valence-corrected chi connectivity index (χ1v) is 11.2. The van der Waals surface area contributed by atoms with Gasteiger partial charge in [0.25, 0.3) is 5.91 Å². The maximum absolute atomic E-state index is 12.7. The third kappa shape index (κ3) is 5.31. The van der Waals surface area contributed by atoms with Gasteiger partial charge in [-0.15, -0.1) is 0 Å². The number of methoxy groups -OCH3 is 2. The molecule has 1 aromatic heterocycles. The van der Waals surface area contributed by atoms with E-state index in [-0.39, 0.29) is 5.91 Å². The van der Waals surface area contributed by atoms with E-state index in [1.807, 2.05) is 49.4 Å². The van der Waals surface area contributed by atoms with Crippen LogP contribution in [0.15, 0.2) is 66.7 Å². The number of amides is 1. The second kappa shape index (κ2) is 10.7. The zero-order chi connectivity index (χ0) is 23.9. The van der Waals surface area contributed by atoms with Crippen LogP contribution in [0.2, 0.25) is 0 Å². The molecule has 0 aliphatic carbocycles. The molecule has 0 bridgehead atoms. The standard InChI is InChI=1S/C27H29N3O4/c1-19-7-6-8-21(17-19)34-16-15-30-23-10-5-4-9-22(23)29-26(30)13-14-28-27(31)20-11-12-24(32-2)25(18-20)33-3/h4-12,17-18H,13-16H2,1-3H3,(H,28,31). The van der Waals surface area contributed by atoms with Crippen LogP contribution >= 0.6 is 0 Å². The van der Waals surface area contributed by atoms with E-state index in [9.17, 15) is 4.79 Å². The largest absolute Gasteiger partial charge is 0.493 e. The fourth-order valence-corrected chi connectivity index (χ4v) is 3.89. The van der Waals surface area contributed by atoms with Crippen LogP contribution in [0.5, 0.6) is 17.2 Å². The zero-order valence-corrected chi connectivity index (χ0v) is 19.7. The average Bonchev–Trinajstić information content (AvgIpc) is 3.21. The van der Waals surface area contributed by atoms with Crippen LogP contribution in [0, 0.1) is 6.92 Å². The lowest BCUT2D eigenvalue weighted by molar-refractivity contribution is 0.0953. The van der Waals surface area contributed by atoms with E-state index in [1.165, 1.54) is 0 Å². The summed E-state index contributed by atoms with van der Waals surface area (Å²) in [7, 11) is 3.11. The molecule has 0 spiro atoms. The van der Waals surface area contributed by atoms with Gasteiger partial charge in [-0.1, -0.05) is 24.3 Å². The summed E-state index contributed by atoms with van der Waals surface area (Å²) in [6.07, 6.45) is 0.595. The van der Waals surface area contributed by atoms with Gasteiger partial charge in [-0.3, -0.25) is 4.79 Å². The number of aryl methyl sites for hydroxylation is 1. The molecule has 0 atom stereocenters. The molecule has 1 heterocycles. The number of carbonyl (C=O) groups excluding carboxylic acids is 1. The highest BCUT2D eigenvalue weighted by Crippen LogP contribution is 2.27. The van der Waals surface area contributed by atoms with Crippen LogP contribution in [0.4, 0.5) is 0 Å². The van der Waals surface area contributed by atoms with Gasteiger partial charge in [0.2, 0.25) is 0 Å². The van der Waals surface area contributed by atoms with E-state index in [0.29, 0.717) is 43.2 Å². The summed E-state index contributed by atoms with van der Waals surface area (Å²) in [6.45, 7) is 3.68. The molecule has 0 saturated carbocycles. The molecule has 7 nitrogen and oxygen atoms in total. The van der Waals surface area contributed by atoms with Crippen molar-refractivity contribution in [1.29, 1.82) is 0 Å². The van der Waals surface area contributed by atoms with Gasteiger partial charge in [-0.2, -0.15) is 0 Å². The number of nitrogens with zero attached hydrogens (tertiary/aromatic N) is 2. The van der Waals surface area contributed by atoms with E-state index in [0.717, 1.165) is 28.2 Å². The number of hydrogen-bond acceptors (Lipinski definition) is 5. The summed E-state index contributed by atoms with van der Waals surface area (Å²) in [5, 5.41) is 2.98. The minimum absolute atomic E-state index is 0.175. The Kier molecular flexibility index (Phi) is 7.32. The molecule has 0 unspecified atom stereocenters. The van der Waals surface area contributed by atoms with E-state index >= 15 is 0 Å². The van der Waals surface area contributed by atoms with Crippen molar-refractivity contribution < 1.29 is 19.0 Å². The fraction of sp³-hybridized carbons (Fsp3) is 0.259. The van der Waals surface area contributed by atoms with Gasteiger partial charge >= 0.3 is 0 Å². The molecule has 3 aromatic carbocycles. The van der Waals surface area contributed by atoms with Crippen molar-refractivity contribution in [3.05, 3.63) is 83.7 Å². The van der Waals surface area contributed by atoms with E-state index in [4.69, 9.17) is 19.2 Å². The highest BCUT2D eigenvalue weighted by Gasteiger charge is 2.13. The molecule has 4 aromatic rings. The maximum atomic E-state index is 12.7. The van der Waals surface area contributed by atoms with Crippen LogP contribution in [-0.2, 0) is 13.0 Å². The lowest BCUT2D eigenvalue weighted by atomic mass is 10.2. The van der Waals surface area contributed by atoms with Crippen molar-refractivity contribution in [2.45, 2.75) is 19.9 Å². The van der Waals surface area contributed by atoms with Gasteiger partial charge in [-0.05, 0) is 55.0 Å². The van der Waals surface area contributed by atoms with Gasteiger partial charge in [-0.25, -0.2) is 4.98 Å². The van der Waals surface area contributed by atoms with Crippen molar-refractivity contribution in [2.75, 3.05) is 27.4 Å². The molecule has 34 heavy (non-hydrogen) atoms. The molecule has 1 N–H and O–H groups in total. The smallest absolute Gasteiger partial charge is 0.251 e. The Labute approximate surface area is 199 Å². The number of benzene rings is 3. The van der Waals surface area contributed by atoms with Gasteiger partial charge in [0.1, 0.15) is 18.2 Å². The second-order valence-corrected chi connectivity index (χ2v) is 7.91. The Balaban J connectivity index is 1.42. The molecule has 4 rings (SSSR count). The lowest BCUT2D eigenvalue weighted by Crippen LogP contribution is -2.26. The Morgan fingerprint density at radius 1 is 0.971 bits per heavy atom. The number of hydrogen-bond donors (Lipinski definition) is 1. The first-order valence-electron chi connectivity index (χ1n) is 11.2. The highest BCUT2D eigenvalue weighted by molar-refractivity contribution is 5.94. The average molecular weight is 460 g/mol. The predicted octanol–water partition coefficient (Wildman–Crippen LogP) is 4.41. The Hall–Kier alpha value is -4.00. The molecule has 0 aliphatic heterocycles. The van der Waals surface area contributed by atoms with Crippen LogP contribution < -0.4 is 19.5 Å². The summed E-state index contributed by atoms with van der Waals surface area (Å²) < 4.78 is 18.7. The SMILES string of the molecule is COc1ccc(C(=O)NCCc2nc3ccccc3n2CCOc2cccc(C)c2)cc1OC. The van der Waals surface area contributed by atoms with Gasteiger partial charge < -0.3 is 24.1 Å². The molecule has 0 saturated heterocycles. The molecule has 0 radical (unpaired) electrons. The van der Waals surface area contributed by atoms with Crippen LogP contribution in [0.3, 0.4) is 0 Å². The van der Waals surface area contributed by atoms with Gasteiger partial charge in [0.05, 0.1) is 31.8 Å². The number of fused-ring (bicyclic) bond motifs is 1. The Bertz CT molecular complexity index is 1280. The third-order valence-electron chi connectivity index (χ3n) is 5.59.